The molecule has 86 valence electrons. The minimum Gasteiger partial charge on any atom is -0.508 e. The Kier molecular flexibility index (Phi) is 2.40. The highest BCUT2D eigenvalue weighted by Gasteiger charge is 2.48. The molecule has 0 aromatic heterocycles. The van der Waals surface area contributed by atoms with Crippen molar-refractivity contribution in [3.63, 3.8) is 0 Å². The maximum Gasteiger partial charge on any atom is 0.119 e. The lowest BCUT2D eigenvalue weighted by Crippen LogP contribution is -2.23. The SMILES string of the molecule is OC[C@H]1[C@H]2CC[C@H](C2)[C@H]1c1ccccc1O. The predicted molar refractivity (Wildman–Crippen MR) is 62.3 cm³/mol. The molecule has 0 saturated heterocycles. The van der Waals surface area contributed by atoms with Crippen LogP contribution < -0.4 is 0 Å². The fraction of sp³-hybridized carbons (Fsp3) is 0.571. The van der Waals surface area contributed by atoms with Crippen molar-refractivity contribution >= 4 is 0 Å². The summed E-state index contributed by atoms with van der Waals surface area (Å²) in [6.45, 7) is 0.264. The third-order valence-corrected chi connectivity index (χ3v) is 4.60. The Labute approximate surface area is 95.9 Å². The van der Waals surface area contributed by atoms with Crippen LogP contribution in [-0.2, 0) is 0 Å². The van der Waals surface area contributed by atoms with Crippen LogP contribution in [0.1, 0.15) is 30.7 Å². The summed E-state index contributed by atoms with van der Waals surface area (Å²) in [6, 6.07) is 7.62. The molecule has 4 atom stereocenters. The number of phenols is 1. The number of aliphatic hydroxyl groups is 1. The van der Waals surface area contributed by atoms with E-state index in [0.29, 0.717) is 29.4 Å². The zero-order valence-electron chi connectivity index (χ0n) is 9.34. The van der Waals surface area contributed by atoms with E-state index in [2.05, 4.69) is 0 Å². The fourth-order valence-corrected chi connectivity index (χ4v) is 3.93. The Morgan fingerprint density at radius 2 is 1.88 bits per heavy atom. The monoisotopic (exact) mass is 218 g/mol. The van der Waals surface area contributed by atoms with E-state index < -0.39 is 0 Å². The van der Waals surface area contributed by atoms with Crippen molar-refractivity contribution in [3.05, 3.63) is 29.8 Å². The molecule has 1 aromatic carbocycles. The van der Waals surface area contributed by atoms with E-state index in [4.69, 9.17) is 0 Å². The van der Waals surface area contributed by atoms with E-state index in [1.807, 2.05) is 18.2 Å². The van der Waals surface area contributed by atoms with E-state index in [-0.39, 0.29) is 6.61 Å². The second-order valence-electron chi connectivity index (χ2n) is 5.26. The molecular formula is C14H18O2. The Balaban J connectivity index is 1.97. The smallest absolute Gasteiger partial charge is 0.119 e. The normalized spacial score (nSPS) is 36.8. The third kappa shape index (κ3) is 1.36. The van der Waals surface area contributed by atoms with Gasteiger partial charge in [-0.15, -0.1) is 0 Å². The van der Waals surface area contributed by atoms with Crippen LogP contribution in [0.5, 0.6) is 5.75 Å². The van der Waals surface area contributed by atoms with E-state index in [0.717, 1.165) is 5.56 Å². The van der Waals surface area contributed by atoms with Gasteiger partial charge < -0.3 is 10.2 Å². The van der Waals surface area contributed by atoms with Crippen LogP contribution >= 0.6 is 0 Å². The molecule has 2 saturated carbocycles. The van der Waals surface area contributed by atoms with Crippen LogP contribution in [0, 0.1) is 17.8 Å². The molecular weight excluding hydrogens is 200 g/mol. The van der Waals surface area contributed by atoms with Gasteiger partial charge in [-0.2, -0.15) is 0 Å². The van der Waals surface area contributed by atoms with Crippen LogP contribution in [0.2, 0.25) is 0 Å². The quantitative estimate of drug-likeness (QED) is 0.800. The molecule has 0 aliphatic heterocycles. The van der Waals surface area contributed by atoms with E-state index in [1.165, 1.54) is 19.3 Å². The Morgan fingerprint density at radius 1 is 1.12 bits per heavy atom. The molecule has 2 bridgehead atoms. The first kappa shape index (κ1) is 10.2. The van der Waals surface area contributed by atoms with Crippen LogP contribution in [0.3, 0.4) is 0 Å². The molecule has 0 unspecified atom stereocenters. The van der Waals surface area contributed by atoms with Gasteiger partial charge in [-0.1, -0.05) is 18.2 Å². The summed E-state index contributed by atoms with van der Waals surface area (Å²) in [5, 5.41) is 19.5. The van der Waals surface area contributed by atoms with Crippen LogP contribution in [0.15, 0.2) is 24.3 Å². The summed E-state index contributed by atoms with van der Waals surface area (Å²) in [5.74, 6) is 2.51. The maximum atomic E-state index is 9.93. The molecule has 16 heavy (non-hydrogen) atoms. The zero-order valence-corrected chi connectivity index (χ0v) is 9.34. The van der Waals surface area contributed by atoms with Crippen molar-refractivity contribution in [1.29, 1.82) is 0 Å². The number of benzene rings is 1. The van der Waals surface area contributed by atoms with Crippen molar-refractivity contribution in [2.75, 3.05) is 6.61 Å². The van der Waals surface area contributed by atoms with Crippen molar-refractivity contribution in [2.24, 2.45) is 17.8 Å². The number of aromatic hydroxyl groups is 1. The van der Waals surface area contributed by atoms with Gasteiger partial charge in [-0.25, -0.2) is 0 Å². The van der Waals surface area contributed by atoms with Gasteiger partial charge in [-0.3, -0.25) is 0 Å². The predicted octanol–water partition coefficient (Wildman–Crippen LogP) is 2.51. The van der Waals surface area contributed by atoms with E-state index >= 15 is 0 Å². The number of aliphatic hydroxyl groups excluding tert-OH is 1. The molecule has 2 aliphatic carbocycles. The largest absolute Gasteiger partial charge is 0.508 e. The summed E-state index contributed by atoms with van der Waals surface area (Å²) in [5.41, 5.74) is 1.05. The molecule has 3 rings (SSSR count). The average molecular weight is 218 g/mol. The topological polar surface area (TPSA) is 40.5 Å². The average Bonchev–Trinajstić information content (AvgIpc) is 2.89. The summed E-state index contributed by atoms with van der Waals surface area (Å²) in [6.07, 6.45) is 3.77. The molecule has 0 heterocycles. The van der Waals surface area contributed by atoms with Gasteiger partial charge in [-0.05, 0) is 54.6 Å². The Morgan fingerprint density at radius 3 is 2.62 bits per heavy atom. The summed E-state index contributed by atoms with van der Waals surface area (Å²) >= 11 is 0. The minimum atomic E-state index is 0.264. The van der Waals surface area contributed by atoms with Crippen molar-refractivity contribution in [2.45, 2.75) is 25.2 Å². The van der Waals surface area contributed by atoms with Gasteiger partial charge in [0.1, 0.15) is 5.75 Å². The van der Waals surface area contributed by atoms with Crippen molar-refractivity contribution in [1.82, 2.24) is 0 Å². The lowest BCUT2D eigenvalue weighted by Gasteiger charge is -2.30. The Bertz CT molecular complexity index is 388. The first-order chi connectivity index (χ1) is 7.81. The molecule has 1 aromatic rings. The van der Waals surface area contributed by atoms with Crippen LogP contribution in [0.25, 0.3) is 0 Å². The highest BCUT2D eigenvalue weighted by molar-refractivity contribution is 5.37. The van der Waals surface area contributed by atoms with Crippen molar-refractivity contribution in [3.8, 4) is 5.75 Å². The standard InChI is InChI=1S/C14H18O2/c15-8-12-9-5-6-10(7-9)14(12)11-3-1-2-4-13(11)16/h1-4,9-10,12,14-16H,5-8H2/t9-,10+,12-,14-/m0/s1. The zero-order chi connectivity index (χ0) is 11.1. The maximum absolute atomic E-state index is 9.93. The number of para-hydroxylation sites is 1. The Hall–Kier alpha value is -1.02. The number of hydrogen-bond donors (Lipinski definition) is 2. The second kappa shape index (κ2) is 3.77. The molecule has 2 aliphatic rings. The van der Waals surface area contributed by atoms with Gasteiger partial charge in [0.15, 0.2) is 0 Å². The van der Waals surface area contributed by atoms with Gasteiger partial charge >= 0.3 is 0 Å². The highest BCUT2D eigenvalue weighted by Crippen LogP contribution is 2.57. The van der Waals surface area contributed by atoms with E-state index in [1.54, 1.807) is 6.07 Å². The number of hydrogen-bond acceptors (Lipinski definition) is 2. The first-order valence-electron chi connectivity index (χ1n) is 6.20. The third-order valence-electron chi connectivity index (χ3n) is 4.60. The number of rotatable bonds is 2. The second-order valence-corrected chi connectivity index (χ2v) is 5.26. The molecule has 0 radical (unpaired) electrons. The van der Waals surface area contributed by atoms with Crippen LogP contribution in [0.4, 0.5) is 0 Å². The number of phenolic OH excluding ortho intramolecular Hbond substituents is 1. The highest BCUT2D eigenvalue weighted by atomic mass is 16.3. The summed E-state index contributed by atoms with van der Waals surface area (Å²) < 4.78 is 0. The molecule has 0 spiro atoms. The van der Waals surface area contributed by atoms with Gasteiger partial charge in [0.2, 0.25) is 0 Å². The lowest BCUT2D eigenvalue weighted by molar-refractivity contribution is 0.157. The number of fused-ring (bicyclic) bond motifs is 2. The molecule has 2 nitrogen and oxygen atoms in total. The van der Waals surface area contributed by atoms with E-state index in [9.17, 15) is 10.2 Å². The molecule has 2 fully saturated rings. The fourth-order valence-electron chi connectivity index (χ4n) is 3.93. The van der Waals surface area contributed by atoms with Gasteiger partial charge in [0.05, 0.1) is 0 Å². The van der Waals surface area contributed by atoms with Crippen molar-refractivity contribution < 1.29 is 10.2 Å². The van der Waals surface area contributed by atoms with Gasteiger partial charge in [0, 0.05) is 6.61 Å². The first-order valence-corrected chi connectivity index (χ1v) is 6.20. The summed E-state index contributed by atoms with van der Waals surface area (Å²) in [4.78, 5) is 0. The summed E-state index contributed by atoms with van der Waals surface area (Å²) in [7, 11) is 0. The minimum absolute atomic E-state index is 0.264. The lowest BCUT2D eigenvalue weighted by atomic mass is 9.75. The van der Waals surface area contributed by atoms with Crippen LogP contribution in [-0.4, -0.2) is 16.8 Å². The van der Waals surface area contributed by atoms with Gasteiger partial charge in [0.25, 0.3) is 0 Å². The molecule has 2 N–H and O–H groups in total. The molecule has 0 amide bonds. The molecule has 2 heteroatoms.